The minimum Gasteiger partial charge on any atom is -0.480 e. The fourth-order valence-electron chi connectivity index (χ4n) is 5.58. The Morgan fingerprint density at radius 2 is 1.65 bits per heavy atom. The molecule has 17 nitrogen and oxygen atoms in total. The minimum atomic E-state index is -1.59. The van der Waals surface area contributed by atoms with Crippen LogP contribution >= 0.6 is 0 Å². The van der Waals surface area contributed by atoms with Gasteiger partial charge in [0.15, 0.2) is 6.04 Å². The Morgan fingerprint density at radius 3 is 2.22 bits per heavy atom. The number of carboxylic acid groups (broad SMARTS) is 1. The molecule has 5 amide bonds. The number of carboxylic acids is 1. The highest BCUT2D eigenvalue weighted by Crippen LogP contribution is 2.19. The lowest BCUT2D eigenvalue weighted by molar-refractivity contribution is -0.147. The van der Waals surface area contributed by atoms with Crippen LogP contribution in [0.15, 0.2) is 12.5 Å². The van der Waals surface area contributed by atoms with E-state index in [-0.39, 0.29) is 31.2 Å². The monoisotopic (exact) mass is 650 g/mol. The van der Waals surface area contributed by atoms with Crippen LogP contribution in [0.25, 0.3) is 0 Å². The van der Waals surface area contributed by atoms with E-state index < -0.39 is 78.6 Å². The molecular formula is C29H46N8O9. The lowest BCUT2D eigenvalue weighted by atomic mass is 10.0. The molecule has 0 unspecified atom stereocenters. The summed E-state index contributed by atoms with van der Waals surface area (Å²) in [7, 11) is 0. The first kappa shape index (κ1) is 36.4. The summed E-state index contributed by atoms with van der Waals surface area (Å²) in [5.41, 5.74) is 0.495. The second kappa shape index (κ2) is 17.0. The molecule has 2 aliphatic rings. The topological polar surface area (TPSA) is 255 Å². The molecule has 1 aromatic heterocycles. The molecule has 0 spiro atoms. The number of nitrogens with one attached hydrogen (secondary N) is 6. The predicted octanol–water partition coefficient (Wildman–Crippen LogP) is -2.86. The second-order valence-electron chi connectivity index (χ2n) is 12.2. The largest absolute Gasteiger partial charge is 0.480 e. The summed E-state index contributed by atoms with van der Waals surface area (Å²) >= 11 is 0. The van der Waals surface area contributed by atoms with Gasteiger partial charge in [0, 0.05) is 24.9 Å². The van der Waals surface area contributed by atoms with Gasteiger partial charge in [0.1, 0.15) is 24.2 Å². The first-order valence-electron chi connectivity index (χ1n) is 15.6. The van der Waals surface area contributed by atoms with Gasteiger partial charge in [0.25, 0.3) is 0 Å². The van der Waals surface area contributed by atoms with Gasteiger partial charge in [0.2, 0.25) is 29.5 Å². The number of carbonyl (C=O) groups excluding carboxylic acids is 5. The highest BCUT2D eigenvalue weighted by Gasteiger charge is 2.40. The molecule has 3 rings (SSSR count). The summed E-state index contributed by atoms with van der Waals surface area (Å²) in [6.45, 7) is 4.97. The van der Waals surface area contributed by atoms with Crippen molar-refractivity contribution in [2.75, 3.05) is 19.7 Å². The van der Waals surface area contributed by atoms with Crippen molar-refractivity contribution in [3.8, 4) is 0 Å². The summed E-state index contributed by atoms with van der Waals surface area (Å²) < 4.78 is 0. The lowest BCUT2D eigenvalue weighted by Crippen LogP contribution is -2.60. The third-order valence-corrected chi connectivity index (χ3v) is 8.01. The molecule has 0 aromatic carbocycles. The maximum Gasteiger partial charge on any atom is 0.328 e. The molecule has 7 atom stereocenters. The fourth-order valence-corrected chi connectivity index (χ4v) is 5.58. The van der Waals surface area contributed by atoms with E-state index in [9.17, 15) is 44.1 Å². The zero-order chi connectivity index (χ0) is 34.0. The number of imidazole rings is 1. The van der Waals surface area contributed by atoms with E-state index in [1.165, 1.54) is 19.4 Å². The molecule has 2 saturated heterocycles. The Hall–Kier alpha value is -4.09. The fraction of sp³-hybridized carbons (Fsp3) is 0.690. The standard InChI is InChI=1S/C29H46N8O9/c1-15(2)10-19(33-24(40)18-6-4-8-31-18)25(41)34-20(11-17-12-30-14-32-17)26(42)35-21(13-38)28(44)37-9-5-7-22(37)27(43)36-23(16(3)39)29(45)46/h12,14-16,18-23,31,38-39H,4-11,13H2,1-3H3,(H,30,32)(H,33,40)(H,34,41)(H,35,42)(H,36,43)(H,45,46)/t16-,18+,19+,20+,21+,22-,23+/m1/s1. The summed E-state index contributed by atoms with van der Waals surface area (Å²) in [6, 6.07) is -6.78. The molecule has 0 aliphatic carbocycles. The molecule has 1 aromatic rings. The van der Waals surface area contributed by atoms with Gasteiger partial charge in [-0.15, -0.1) is 0 Å². The van der Waals surface area contributed by atoms with Crippen LogP contribution in [0.5, 0.6) is 0 Å². The number of rotatable bonds is 16. The van der Waals surface area contributed by atoms with Crippen LogP contribution in [-0.4, -0.2) is 128 Å². The number of hydrogen-bond acceptors (Lipinski definition) is 10. The Labute approximate surface area is 266 Å². The lowest BCUT2D eigenvalue weighted by Gasteiger charge is -2.30. The van der Waals surface area contributed by atoms with Crippen molar-refractivity contribution in [1.82, 2.24) is 41.5 Å². The van der Waals surface area contributed by atoms with E-state index in [4.69, 9.17) is 0 Å². The number of carbonyl (C=O) groups is 6. The molecule has 256 valence electrons. The average Bonchev–Trinajstić information content (AvgIpc) is 3.80. The summed E-state index contributed by atoms with van der Waals surface area (Å²) in [4.78, 5) is 85.6. The molecule has 0 saturated carbocycles. The molecular weight excluding hydrogens is 604 g/mol. The summed E-state index contributed by atoms with van der Waals surface area (Å²) in [5.74, 6) is -4.71. The second-order valence-corrected chi connectivity index (χ2v) is 12.2. The van der Waals surface area contributed by atoms with Gasteiger partial charge < -0.3 is 51.8 Å². The summed E-state index contributed by atoms with van der Waals surface area (Å²) in [6.07, 6.45) is 3.80. The van der Waals surface area contributed by atoms with Gasteiger partial charge >= 0.3 is 5.97 Å². The van der Waals surface area contributed by atoms with Crippen molar-refractivity contribution in [3.05, 3.63) is 18.2 Å². The Morgan fingerprint density at radius 1 is 0.957 bits per heavy atom. The molecule has 9 N–H and O–H groups in total. The van der Waals surface area contributed by atoms with E-state index in [2.05, 4.69) is 36.6 Å². The van der Waals surface area contributed by atoms with Gasteiger partial charge in [-0.1, -0.05) is 13.8 Å². The van der Waals surface area contributed by atoms with E-state index in [1.54, 1.807) is 0 Å². The van der Waals surface area contributed by atoms with E-state index >= 15 is 0 Å². The van der Waals surface area contributed by atoms with Gasteiger partial charge in [-0.3, -0.25) is 24.0 Å². The maximum absolute atomic E-state index is 13.6. The highest BCUT2D eigenvalue weighted by molar-refractivity contribution is 5.96. The average molecular weight is 651 g/mol. The minimum absolute atomic E-state index is 0.0286. The van der Waals surface area contributed by atoms with Crippen LogP contribution in [0.4, 0.5) is 0 Å². The number of nitrogens with zero attached hydrogens (tertiary/aromatic N) is 2. The predicted molar refractivity (Wildman–Crippen MR) is 162 cm³/mol. The van der Waals surface area contributed by atoms with Crippen LogP contribution in [0.3, 0.4) is 0 Å². The molecule has 2 aliphatic heterocycles. The van der Waals surface area contributed by atoms with Gasteiger partial charge in [-0.05, 0) is 51.5 Å². The molecule has 0 radical (unpaired) electrons. The molecule has 3 heterocycles. The number of aromatic amines is 1. The number of aliphatic hydroxyl groups is 2. The van der Waals surface area contributed by atoms with Gasteiger partial charge in [-0.2, -0.15) is 0 Å². The van der Waals surface area contributed by atoms with Gasteiger partial charge in [0.05, 0.1) is 25.1 Å². The number of aliphatic hydroxyl groups excluding tert-OH is 2. The number of hydrogen-bond donors (Lipinski definition) is 9. The zero-order valence-corrected chi connectivity index (χ0v) is 26.3. The molecule has 46 heavy (non-hydrogen) atoms. The molecule has 0 bridgehead atoms. The van der Waals surface area contributed by atoms with Crippen LogP contribution in [-0.2, 0) is 35.2 Å². The van der Waals surface area contributed by atoms with Crippen LogP contribution in [0.2, 0.25) is 0 Å². The molecule has 2 fully saturated rings. The van der Waals surface area contributed by atoms with Crippen LogP contribution < -0.4 is 26.6 Å². The number of likely N-dealkylation sites (tertiary alicyclic amines) is 1. The number of H-pyrrole nitrogens is 1. The van der Waals surface area contributed by atoms with Crippen molar-refractivity contribution in [2.45, 2.75) is 102 Å². The maximum atomic E-state index is 13.6. The van der Waals surface area contributed by atoms with E-state index in [1.807, 2.05) is 13.8 Å². The number of amides is 5. The third-order valence-electron chi connectivity index (χ3n) is 8.01. The Balaban J connectivity index is 1.74. The quantitative estimate of drug-likeness (QED) is 0.0879. The van der Waals surface area contributed by atoms with Crippen molar-refractivity contribution < 1.29 is 44.1 Å². The molecule has 17 heteroatoms. The Kier molecular flexibility index (Phi) is 13.4. The van der Waals surface area contributed by atoms with Gasteiger partial charge in [-0.25, -0.2) is 9.78 Å². The SMILES string of the molecule is CC(C)C[C@H](NC(=O)[C@@H]1CCCN1)C(=O)N[C@@H](Cc1cnc[nH]1)C(=O)N[C@@H](CO)C(=O)N1CCC[C@@H]1C(=O)N[C@H](C(=O)O)[C@@H](C)O. The van der Waals surface area contributed by atoms with E-state index in [0.717, 1.165) is 11.3 Å². The highest BCUT2D eigenvalue weighted by atomic mass is 16.4. The first-order chi connectivity index (χ1) is 21.8. The first-order valence-corrected chi connectivity index (χ1v) is 15.6. The van der Waals surface area contributed by atoms with Crippen molar-refractivity contribution in [3.63, 3.8) is 0 Å². The Bertz CT molecular complexity index is 1220. The van der Waals surface area contributed by atoms with Crippen molar-refractivity contribution in [1.29, 1.82) is 0 Å². The third kappa shape index (κ3) is 9.95. The van der Waals surface area contributed by atoms with Crippen molar-refractivity contribution >= 4 is 35.5 Å². The normalized spacial score (nSPS) is 21.1. The van der Waals surface area contributed by atoms with Crippen LogP contribution in [0, 0.1) is 5.92 Å². The van der Waals surface area contributed by atoms with Crippen LogP contribution in [0.1, 0.15) is 58.6 Å². The van der Waals surface area contributed by atoms with Crippen molar-refractivity contribution in [2.24, 2.45) is 5.92 Å². The number of aromatic nitrogens is 2. The smallest absolute Gasteiger partial charge is 0.328 e. The summed E-state index contributed by atoms with van der Waals surface area (Å²) in [5, 5.41) is 42.4. The number of aliphatic carboxylic acids is 1. The van der Waals surface area contributed by atoms with E-state index in [0.29, 0.717) is 31.5 Å². The zero-order valence-electron chi connectivity index (χ0n) is 26.3.